The molecule has 6 nitrogen and oxygen atoms in total. The van der Waals surface area contributed by atoms with Gasteiger partial charge in [-0.2, -0.15) is 5.10 Å². The standard InChI is InChI=1S/C18H23N3O3/c1-11(18-12(2)20-21-13(18)3)8-17(22)19-9-14-10-23-15-6-4-5-7-16(15)24-14/h4-7,11,14H,8-10H2,1-3H3,(H,19,22)(H,20,21)/t11-,14+/m0/s1. The van der Waals surface area contributed by atoms with Crippen LogP contribution in [0.3, 0.4) is 0 Å². The van der Waals surface area contributed by atoms with Crippen LogP contribution in [-0.4, -0.2) is 35.4 Å². The van der Waals surface area contributed by atoms with E-state index in [1.165, 1.54) is 0 Å². The molecule has 0 aliphatic carbocycles. The Balaban J connectivity index is 1.50. The van der Waals surface area contributed by atoms with Crippen molar-refractivity contribution in [2.45, 2.75) is 39.2 Å². The summed E-state index contributed by atoms with van der Waals surface area (Å²) in [6, 6.07) is 7.56. The molecule has 128 valence electrons. The molecule has 2 N–H and O–H groups in total. The van der Waals surface area contributed by atoms with Crippen molar-refractivity contribution in [3.63, 3.8) is 0 Å². The largest absolute Gasteiger partial charge is 0.486 e. The number of amides is 1. The van der Waals surface area contributed by atoms with Crippen LogP contribution in [0.25, 0.3) is 0 Å². The molecule has 1 amide bonds. The van der Waals surface area contributed by atoms with Crippen molar-refractivity contribution in [1.29, 1.82) is 0 Å². The molecule has 24 heavy (non-hydrogen) atoms. The van der Waals surface area contributed by atoms with E-state index in [4.69, 9.17) is 9.47 Å². The molecule has 0 radical (unpaired) electrons. The maximum absolute atomic E-state index is 12.2. The second-order valence-electron chi connectivity index (χ2n) is 6.25. The summed E-state index contributed by atoms with van der Waals surface area (Å²) in [5.74, 6) is 1.60. The number of aromatic nitrogens is 2. The van der Waals surface area contributed by atoms with Crippen LogP contribution < -0.4 is 14.8 Å². The van der Waals surface area contributed by atoms with E-state index >= 15 is 0 Å². The summed E-state index contributed by atoms with van der Waals surface area (Å²) in [5.41, 5.74) is 3.10. The Morgan fingerprint density at radius 1 is 1.38 bits per heavy atom. The monoisotopic (exact) mass is 329 g/mol. The number of nitrogens with one attached hydrogen (secondary N) is 2. The van der Waals surface area contributed by atoms with Gasteiger partial charge in [-0.3, -0.25) is 9.89 Å². The molecule has 1 aliphatic heterocycles. The lowest BCUT2D eigenvalue weighted by Crippen LogP contribution is -2.41. The van der Waals surface area contributed by atoms with Crippen molar-refractivity contribution in [3.05, 3.63) is 41.2 Å². The Morgan fingerprint density at radius 3 is 2.83 bits per heavy atom. The van der Waals surface area contributed by atoms with Gasteiger partial charge in [0, 0.05) is 12.1 Å². The van der Waals surface area contributed by atoms with Crippen molar-refractivity contribution in [3.8, 4) is 11.5 Å². The van der Waals surface area contributed by atoms with E-state index < -0.39 is 0 Å². The average molecular weight is 329 g/mol. The van der Waals surface area contributed by atoms with E-state index in [2.05, 4.69) is 15.5 Å². The summed E-state index contributed by atoms with van der Waals surface area (Å²) in [6.45, 7) is 6.85. The summed E-state index contributed by atoms with van der Waals surface area (Å²) in [6.07, 6.45) is 0.252. The van der Waals surface area contributed by atoms with E-state index in [0.29, 0.717) is 19.6 Å². The molecule has 0 spiro atoms. The van der Waals surface area contributed by atoms with Gasteiger partial charge in [-0.05, 0) is 37.5 Å². The van der Waals surface area contributed by atoms with Gasteiger partial charge in [-0.25, -0.2) is 0 Å². The lowest BCUT2D eigenvalue weighted by atomic mass is 9.95. The van der Waals surface area contributed by atoms with E-state index in [-0.39, 0.29) is 17.9 Å². The zero-order valence-corrected chi connectivity index (χ0v) is 14.3. The van der Waals surface area contributed by atoms with Crippen LogP contribution in [-0.2, 0) is 4.79 Å². The number of carbonyl (C=O) groups excluding carboxylic acids is 1. The van der Waals surface area contributed by atoms with Gasteiger partial charge in [0.05, 0.1) is 12.2 Å². The molecule has 0 saturated heterocycles. The average Bonchev–Trinajstić information content (AvgIpc) is 2.91. The molecule has 0 bridgehead atoms. The number of hydrogen-bond donors (Lipinski definition) is 2. The maximum Gasteiger partial charge on any atom is 0.220 e. The topological polar surface area (TPSA) is 76.2 Å². The van der Waals surface area contributed by atoms with Crippen LogP contribution in [0, 0.1) is 13.8 Å². The van der Waals surface area contributed by atoms with Gasteiger partial charge in [0.15, 0.2) is 11.5 Å². The third-order valence-corrected chi connectivity index (χ3v) is 4.26. The molecular formula is C18H23N3O3. The number of carbonyl (C=O) groups is 1. The van der Waals surface area contributed by atoms with Gasteiger partial charge >= 0.3 is 0 Å². The number of fused-ring (bicyclic) bond motifs is 1. The fraction of sp³-hybridized carbons (Fsp3) is 0.444. The van der Waals surface area contributed by atoms with Crippen molar-refractivity contribution in [2.75, 3.05) is 13.2 Å². The highest BCUT2D eigenvalue weighted by Crippen LogP contribution is 2.30. The molecule has 1 aromatic carbocycles. The molecular weight excluding hydrogens is 306 g/mol. The summed E-state index contributed by atoms with van der Waals surface area (Å²) in [4.78, 5) is 12.2. The number of hydrogen-bond acceptors (Lipinski definition) is 4. The summed E-state index contributed by atoms with van der Waals surface area (Å²) < 4.78 is 11.5. The Kier molecular flexibility index (Phi) is 4.74. The fourth-order valence-corrected chi connectivity index (χ4v) is 3.13. The van der Waals surface area contributed by atoms with Crippen molar-refractivity contribution < 1.29 is 14.3 Å². The number of rotatable bonds is 5. The minimum absolute atomic E-state index is 0.00459. The summed E-state index contributed by atoms with van der Waals surface area (Å²) in [5, 5.41) is 10.1. The minimum atomic E-state index is -0.170. The van der Waals surface area contributed by atoms with Gasteiger partial charge in [0.1, 0.15) is 12.7 Å². The Labute approximate surface area is 141 Å². The van der Waals surface area contributed by atoms with Crippen LogP contribution in [0.4, 0.5) is 0 Å². The Hall–Kier alpha value is -2.50. The quantitative estimate of drug-likeness (QED) is 0.883. The molecule has 3 rings (SSSR count). The Bertz CT molecular complexity index is 707. The maximum atomic E-state index is 12.2. The first-order valence-electron chi connectivity index (χ1n) is 8.21. The highest BCUT2D eigenvalue weighted by Gasteiger charge is 2.22. The molecule has 2 aromatic rings. The number of benzene rings is 1. The zero-order chi connectivity index (χ0) is 17.1. The van der Waals surface area contributed by atoms with E-state index in [0.717, 1.165) is 28.5 Å². The van der Waals surface area contributed by atoms with Crippen LogP contribution in [0.2, 0.25) is 0 Å². The van der Waals surface area contributed by atoms with Crippen molar-refractivity contribution in [2.24, 2.45) is 0 Å². The molecule has 2 heterocycles. The van der Waals surface area contributed by atoms with Gasteiger partial charge < -0.3 is 14.8 Å². The number of H-pyrrole nitrogens is 1. The van der Waals surface area contributed by atoms with Gasteiger partial charge in [0.2, 0.25) is 5.91 Å². The van der Waals surface area contributed by atoms with Gasteiger partial charge in [0.25, 0.3) is 0 Å². The predicted octanol–water partition coefficient (Wildman–Crippen LogP) is 2.48. The molecule has 0 unspecified atom stereocenters. The second-order valence-corrected chi connectivity index (χ2v) is 6.25. The van der Waals surface area contributed by atoms with Crippen LogP contribution in [0.15, 0.2) is 24.3 Å². The second kappa shape index (κ2) is 6.95. The number of aromatic amines is 1. The number of aryl methyl sites for hydroxylation is 2. The molecule has 1 aromatic heterocycles. The smallest absolute Gasteiger partial charge is 0.220 e. The first kappa shape index (κ1) is 16.4. The van der Waals surface area contributed by atoms with Gasteiger partial charge in [-0.1, -0.05) is 19.1 Å². The Morgan fingerprint density at radius 2 is 2.12 bits per heavy atom. The third-order valence-electron chi connectivity index (χ3n) is 4.26. The number of para-hydroxylation sites is 2. The molecule has 1 aliphatic rings. The van der Waals surface area contributed by atoms with Crippen molar-refractivity contribution >= 4 is 5.91 Å². The highest BCUT2D eigenvalue weighted by atomic mass is 16.6. The first-order valence-corrected chi connectivity index (χ1v) is 8.21. The molecule has 6 heteroatoms. The van der Waals surface area contributed by atoms with Gasteiger partial charge in [-0.15, -0.1) is 0 Å². The molecule has 0 saturated carbocycles. The van der Waals surface area contributed by atoms with Crippen LogP contribution in [0.5, 0.6) is 11.5 Å². The lowest BCUT2D eigenvalue weighted by molar-refractivity contribution is -0.121. The van der Waals surface area contributed by atoms with E-state index in [9.17, 15) is 4.79 Å². The number of ether oxygens (including phenoxy) is 2. The van der Waals surface area contributed by atoms with E-state index in [1.807, 2.05) is 45.0 Å². The van der Waals surface area contributed by atoms with Crippen molar-refractivity contribution in [1.82, 2.24) is 15.5 Å². The highest BCUT2D eigenvalue weighted by molar-refractivity contribution is 5.77. The van der Waals surface area contributed by atoms with Crippen LogP contribution in [0.1, 0.15) is 36.2 Å². The minimum Gasteiger partial charge on any atom is -0.486 e. The fourth-order valence-electron chi connectivity index (χ4n) is 3.13. The molecule has 2 atom stereocenters. The lowest BCUT2D eigenvalue weighted by Gasteiger charge is -2.26. The summed E-state index contributed by atoms with van der Waals surface area (Å²) in [7, 11) is 0. The SMILES string of the molecule is Cc1n[nH]c(C)c1[C@@H](C)CC(=O)NC[C@@H]1COc2ccccc2O1. The first-order chi connectivity index (χ1) is 11.5. The molecule has 0 fully saturated rings. The third kappa shape index (κ3) is 3.53. The number of nitrogens with zero attached hydrogens (tertiary/aromatic N) is 1. The van der Waals surface area contributed by atoms with E-state index in [1.54, 1.807) is 0 Å². The normalized spacial score (nSPS) is 17.4. The predicted molar refractivity (Wildman–Crippen MR) is 90.5 cm³/mol. The van der Waals surface area contributed by atoms with Crippen LogP contribution >= 0.6 is 0 Å². The zero-order valence-electron chi connectivity index (χ0n) is 14.3. The summed E-state index contributed by atoms with van der Waals surface area (Å²) >= 11 is 0.